The Labute approximate surface area is 168 Å². The summed E-state index contributed by atoms with van der Waals surface area (Å²) in [4.78, 5) is 26.6. The van der Waals surface area contributed by atoms with E-state index in [-0.39, 0.29) is 29.7 Å². The molecule has 1 aliphatic rings. The van der Waals surface area contributed by atoms with Gasteiger partial charge in [0.1, 0.15) is 11.9 Å². The van der Waals surface area contributed by atoms with E-state index < -0.39 is 35.2 Å². The summed E-state index contributed by atoms with van der Waals surface area (Å²) in [6.07, 6.45) is 0.483. The van der Waals surface area contributed by atoms with Crippen LogP contribution in [0.5, 0.6) is 0 Å². The van der Waals surface area contributed by atoms with Gasteiger partial charge in [-0.15, -0.1) is 0 Å². The van der Waals surface area contributed by atoms with Crippen molar-refractivity contribution in [3.05, 3.63) is 59.2 Å². The first-order valence-electron chi connectivity index (χ1n) is 9.36. The molecule has 9 heteroatoms. The van der Waals surface area contributed by atoms with Gasteiger partial charge in [0.25, 0.3) is 0 Å². The van der Waals surface area contributed by atoms with E-state index >= 15 is 0 Å². The number of benzene rings is 2. The van der Waals surface area contributed by atoms with Gasteiger partial charge in [-0.2, -0.15) is 0 Å². The van der Waals surface area contributed by atoms with E-state index in [4.69, 9.17) is 0 Å². The molecule has 0 bridgehead atoms. The molecule has 2 aromatic carbocycles. The maximum Gasteiger partial charge on any atom is 0.242 e. The molecule has 0 radical (unpaired) electrons. The standard InChI is InChI=1S/C21H17F4N3O2/c22-11-3-1-10(2-4-11)19-12(5-6-16(29)27-15-7-8-26-21(15)30)13-9-14(23)17(24)18(25)20(13)28-19/h1-4,9,15,28H,5-8H2,(H,26,30)(H,27,29). The third-order valence-corrected chi connectivity index (χ3v) is 5.16. The number of nitrogens with one attached hydrogen (secondary N) is 3. The quantitative estimate of drug-likeness (QED) is 0.439. The molecule has 0 saturated carbocycles. The highest BCUT2D eigenvalue weighted by Crippen LogP contribution is 2.34. The first kappa shape index (κ1) is 19.9. The Morgan fingerprint density at radius 2 is 1.83 bits per heavy atom. The summed E-state index contributed by atoms with van der Waals surface area (Å²) in [7, 11) is 0. The Kier molecular flexibility index (Phi) is 5.19. The summed E-state index contributed by atoms with van der Waals surface area (Å²) >= 11 is 0. The topological polar surface area (TPSA) is 74.0 Å². The Balaban J connectivity index is 1.69. The number of H-pyrrole nitrogens is 1. The van der Waals surface area contributed by atoms with Crippen molar-refractivity contribution in [2.45, 2.75) is 25.3 Å². The van der Waals surface area contributed by atoms with E-state index in [0.717, 1.165) is 6.07 Å². The molecule has 3 N–H and O–H groups in total. The smallest absolute Gasteiger partial charge is 0.242 e. The molecule has 1 unspecified atom stereocenters. The number of aromatic amines is 1. The van der Waals surface area contributed by atoms with Gasteiger partial charge in [-0.3, -0.25) is 9.59 Å². The number of amides is 2. The third-order valence-electron chi connectivity index (χ3n) is 5.16. The summed E-state index contributed by atoms with van der Waals surface area (Å²) in [6, 6.07) is 5.55. The zero-order valence-electron chi connectivity index (χ0n) is 15.6. The Morgan fingerprint density at radius 3 is 2.50 bits per heavy atom. The predicted octanol–water partition coefficient (Wildman–Crippen LogP) is 3.33. The Morgan fingerprint density at radius 1 is 1.10 bits per heavy atom. The van der Waals surface area contributed by atoms with Gasteiger partial charge in [0.15, 0.2) is 17.5 Å². The molecule has 156 valence electrons. The van der Waals surface area contributed by atoms with Gasteiger partial charge in [-0.1, -0.05) is 0 Å². The van der Waals surface area contributed by atoms with Crippen molar-refractivity contribution in [1.82, 2.24) is 15.6 Å². The molecule has 0 aliphatic carbocycles. The Hall–Kier alpha value is -3.36. The minimum atomic E-state index is -1.61. The highest BCUT2D eigenvalue weighted by Gasteiger charge is 2.26. The van der Waals surface area contributed by atoms with Crippen LogP contribution in [-0.2, 0) is 16.0 Å². The molecule has 2 amide bonds. The van der Waals surface area contributed by atoms with E-state index in [9.17, 15) is 27.2 Å². The number of halogens is 4. The second-order valence-corrected chi connectivity index (χ2v) is 7.09. The van der Waals surface area contributed by atoms with Crippen LogP contribution in [0, 0.1) is 23.3 Å². The van der Waals surface area contributed by atoms with Crippen molar-refractivity contribution in [1.29, 1.82) is 0 Å². The van der Waals surface area contributed by atoms with Crippen LogP contribution in [0.2, 0.25) is 0 Å². The van der Waals surface area contributed by atoms with Gasteiger partial charge in [-0.05, 0) is 54.3 Å². The molecule has 0 spiro atoms. The van der Waals surface area contributed by atoms with E-state index in [1.165, 1.54) is 24.3 Å². The number of carbonyl (C=O) groups excluding carboxylic acids is 2. The van der Waals surface area contributed by atoms with E-state index in [2.05, 4.69) is 15.6 Å². The molecule has 4 rings (SSSR count). The predicted molar refractivity (Wildman–Crippen MR) is 101 cm³/mol. The number of aromatic nitrogens is 1. The van der Waals surface area contributed by atoms with Crippen molar-refractivity contribution in [3.63, 3.8) is 0 Å². The largest absolute Gasteiger partial charge is 0.354 e. The van der Waals surface area contributed by atoms with E-state index in [0.29, 0.717) is 29.8 Å². The normalized spacial score (nSPS) is 16.1. The summed E-state index contributed by atoms with van der Waals surface area (Å²) in [5, 5.41) is 5.33. The number of rotatable bonds is 5. The van der Waals surface area contributed by atoms with Crippen molar-refractivity contribution >= 4 is 22.7 Å². The maximum absolute atomic E-state index is 14.3. The fraction of sp³-hybridized carbons (Fsp3) is 0.238. The van der Waals surface area contributed by atoms with Gasteiger partial charge >= 0.3 is 0 Å². The van der Waals surface area contributed by atoms with Gasteiger partial charge in [0, 0.05) is 24.0 Å². The summed E-state index contributed by atoms with van der Waals surface area (Å²) < 4.78 is 55.2. The second kappa shape index (κ2) is 7.81. The molecule has 1 aliphatic heterocycles. The second-order valence-electron chi connectivity index (χ2n) is 7.09. The van der Waals surface area contributed by atoms with Crippen molar-refractivity contribution in [2.75, 3.05) is 6.54 Å². The monoisotopic (exact) mass is 419 g/mol. The molecule has 1 saturated heterocycles. The lowest BCUT2D eigenvalue weighted by Crippen LogP contribution is -2.40. The maximum atomic E-state index is 14.3. The first-order chi connectivity index (χ1) is 14.3. The Bertz CT molecular complexity index is 1140. The van der Waals surface area contributed by atoms with Gasteiger partial charge in [-0.25, -0.2) is 17.6 Å². The van der Waals surface area contributed by atoms with Crippen LogP contribution < -0.4 is 10.6 Å². The fourth-order valence-corrected chi connectivity index (χ4v) is 3.65. The van der Waals surface area contributed by atoms with Crippen LogP contribution in [0.1, 0.15) is 18.4 Å². The average molecular weight is 419 g/mol. The zero-order valence-corrected chi connectivity index (χ0v) is 15.6. The van der Waals surface area contributed by atoms with Gasteiger partial charge < -0.3 is 15.6 Å². The minimum absolute atomic E-state index is 0.0639. The molecule has 2 heterocycles. The number of hydrogen-bond donors (Lipinski definition) is 3. The highest BCUT2D eigenvalue weighted by molar-refractivity contribution is 5.93. The number of fused-ring (bicyclic) bond motifs is 1. The van der Waals surface area contributed by atoms with Crippen LogP contribution in [0.15, 0.2) is 30.3 Å². The molecule has 3 aromatic rings. The lowest BCUT2D eigenvalue weighted by molar-refractivity contribution is -0.127. The van der Waals surface area contributed by atoms with Crippen LogP contribution in [0.25, 0.3) is 22.2 Å². The summed E-state index contributed by atoms with van der Waals surface area (Å²) in [6.45, 7) is 0.477. The number of carbonyl (C=O) groups is 2. The third kappa shape index (κ3) is 3.62. The van der Waals surface area contributed by atoms with Crippen molar-refractivity contribution in [2.24, 2.45) is 0 Å². The van der Waals surface area contributed by atoms with E-state index in [1.54, 1.807) is 0 Å². The first-order valence-corrected chi connectivity index (χ1v) is 9.36. The molecular formula is C21H17F4N3O2. The molecule has 1 aromatic heterocycles. The zero-order chi connectivity index (χ0) is 21.4. The average Bonchev–Trinajstić information content (AvgIpc) is 3.29. The van der Waals surface area contributed by atoms with Crippen LogP contribution in [0.4, 0.5) is 17.6 Å². The van der Waals surface area contributed by atoms with Crippen LogP contribution in [0.3, 0.4) is 0 Å². The van der Waals surface area contributed by atoms with Gasteiger partial charge in [0.2, 0.25) is 11.8 Å². The summed E-state index contributed by atoms with van der Waals surface area (Å²) in [5.74, 6) is -5.47. The molecule has 1 atom stereocenters. The molecule has 30 heavy (non-hydrogen) atoms. The fourth-order valence-electron chi connectivity index (χ4n) is 3.65. The number of hydrogen-bond acceptors (Lipinski definition) is 2. The highest BCUT2D eigenvalue weighted by atomic mass is 19.2. The van der Waals surface area contributed by atoms with Crippen LogP contribution >= 0.6 is 0 Å². The summed E-state index contributed by atoms with van der Waals surface area (Å²) in [5.41, 5.74) is 0.956. The molecular weight excluding hydrogens is 402 g/mol. The molecule has 5 nitrogen and oxygen atoms in total. The lowest BCUT2D eigenvalue weighted by Gasteiger charge is -2.10. The van der Waals surface area contributed by atoms with Crippen LogP contribution in [-0.4, -0.2) is 29.4 Å². The SMILES string of the molecule is O=C(CCc1c(-c2ccc(F)cc2)[nH]c2c(F)c(F)c(F)cc12)NC1CCNC1=O. The van der Waals surface area contributed by atoms with Crippen molar-refractivity contribution in [3.8, 4) is 11.3 Å². The van der Waals surface area contributed by atoms with Crippen molar-refractivity contribution < 1.29 is 27.2 Å². The lowest BCUT2D eigenvalue weighted by atomic mass is 10.0. The minimum Gasteiger partial charge on any atom is -0.354 e. The molecule has 1 fully saturated rings. The number of aryl methyl sites for hydroxylation is 1. The van der Waals surface area contributed by atoms with Gasteiger partial charge in [0.05, 0.1) is 5.52 Å². The van der Waals surface area contributed by atoms with E-state index in [1.807, 2.05) is 0 Å².